The van der Waals surface area contributed by atoms with Crippen molar-refractivity contribution in [1.29, 1.82) is 0 Å². The van der Waals surface area contributed by atoms with Crippen LogP contribution in [0.1, 0.15) is 110 Å². The van der Waals surface area contributed by atoms with Gasteiger partial charge in [-0.15, -0.1) is 12.6 Å². The first kappa shape index (κ1) is 31.0. The van der Waals surface area contributed by atoms with Crippen molar-refractivity contribution in [2.75, 3.05) is 6.54 Å². The molecule has 4 aliphatic rings. The lowest BCUT2D eigenvalue weighted by molar-refractivity contribution is -0.142. The highest BCUT2D eigenvalue weighted by Crippen LogP contribution is 2.89. The van der Waals surface area contributed by atoms with Crippen LogP contribution in [0.15, 0.2) is 30.9 Å². The number of rotatable bonds is 8. The van der Waals surface area contributed by atoms with Gasteiger partial charge in [0.25, 0.3) is 5.91 Å². The molecule has 1 saturated heterocycles. The number of aromatic nitrogens is 2. The van der Waals surface area contributed by atoms with Crippen molar-refractivity contribution in [2.24, 2.45) is 27.6 Å². The molecule has 2 unspecified atom stereocenters. The molecule has 2 spiro atoms. The summed E-state index contributed by atoms with van der Waals surface area (Å²) in [6.45, 7) is 17.2. The van der Waals surface area contributed by atoms with Crippen molar-refractivity contribution in [1.82, 2.24) is 25.5 Å². The fourth-order valence-corrected chi connectivity index (χ4v) is 9.29. The molecule has 2 N–H and O–H groups in total. The Hall–Kier alpha value is -2.42. The first-order valence-electron chi connectivity index (χ1n) is 15.7. The Morgan fingerprint density at radius 3 is 2.21 bits per heavy atom. The topological polar surface area (TPSA) is 104 Å². The van der Waals surface area contributed by atoms with Crippen molar-refractivity contribution >= 4 is 30.2 Å². The summed E-state index contributed by atoms with van der Waals surface area (Å²) >= 11 is 5.01. The van der Waals surface area contributed by atoms with Crippen molar-refractivity contribution in [3.63, 3.8) is 0 Å². The number of hydrogen-bond donors (Lipinski definition) is 3. The van der Waals surface area contributed by atoms with Gasteiger partial charge in [-0.05, 0) is 61.2 Å². The zero-order valence-corrected chi connectivity index (χ0v) is 27.2. The number of likely N-dealkylation sites (tertiary alicyclic amines) is 1. The normalized spacial score (nSPS) is 29.5. The van der Waals surface area contributed by atoms with Crippen LogP contribution in [0.25, 0.3) is 0 Å². The molecule has 42 heavy (non-hydrogen) atoms. The summed E-state index contributed by atoms with van der Waals surface area (Å²) in [4.78, 5) is 49.9. The second-order valence-corrected chi connectivity index (χ2v) is 15.8. The van der Waals surface area contributed by atoms with E-state index in [0.717, 1.165) is 38.5 Å². The van der Waals surface area contributed by atoms with Gasteiger partial charge in [0.1, 0.15) is 16.6 Å². The van der Waals surface area contributed by atoms with Gasteiger partial charge >= 0.3 is 0 Å². The number of ketones is 1. The number of thiol groups is 1. The minimum atomic E-state index is -1.15. The molecule has 1 aliphatic heterocycles. The van der Waals surface area contributed by atoms with Crippen LogP contribution in [-0.2, 0) is 9.59 Å². The predicted molar refractivity (Wildman–Crippen MR) is 167 cm³/mol. The molecule has 8 nitrogen and oxygen atoms in total. The van der Waals surface area contributed by atoms with Crippen molar-refractivity contribution < 1.29 is 14.4 Å². The molecule has 9 heteroatoms. The Balaban J connectivity index is 1.42. The number of carbonyl (C=O) groups excluding carboxylic acids is 3. The number of hydrogen-bond acceptors (Lipinski definition) is 7. The van der Waals surface area contributed by atoms with Gasteiger partial charge in [-0.25, -0.2) is 4.98 Å². The fraction of sp³-hybridized carbons (Fsp3) is 0.727. The summed E-state index contributed by atoms with van der Waals surface area (Å²) in [5.41, 5.74) is 0.494. The Morgan fingerprint density at radius 2 is 1.71 bits per heavy atom. The number of carbonyl (C=O) groups is 3. The Labute approximate surface area is 256 Å². The molecule has 1 aromatic rings. The molecule has 0 radical (unpaired) electrons. The van der Waals surface area contributed by atoms with Gasteiger partial charge in [0.2, 0.25) is 5.91 Å². The summed E-state index contributed by atoms with van der Waals surface area (Å²) < 4.78 is 0. The van der Waals surface area contributed by atoms with E-state index < -0.39 is 16.3 Å². The minimum Gasteiger partial charge on any atom is -0.375 e. The van der Waals surface area contributed by atoms with E-state index in [0.29, 0.717) is 18.7 Å². The van der Waals surface area contributed by atoms with Crippen LogP contribution >= 0.6 is 12.6 Å². The van der Waals surface area contributed by atoms with Gasteiger partial charge in [-0.1, -0.05) is 66.9 Å². The molecular weight excluding hydrogens is 546 g/mol. The van der Waals surface area contributed by atoms with Crippen LogP contribution < -0.4 is 10.6 Å². The lowest BCUT2D eigenvalue weighted by atomic mass is 9.73. The van der Waals surface area contributed by atoms with Gasteiger partial charge in [-0.3, -0.25) is 19.4 Å². The molecule has 3 saturated carbocycles. The Morgan fingerprint density at radius 1 is 1.05 bits per heavy atom. The van der Waals surface area contributed by atoms with Crippen molar-refractivity contribution in [3.05, 3.63) is 36.6 Å². The van der Waals surface area contributed by atoms with Crippen LogP contribution in [0.4, 0.5) is 0 Å². The summed E-state index contributed by atoms with van der Waals surface area (Å²) in [7, 11) is 0. The molecule has 3 aliphatic carbocycles. The standard InChI is InChI=1S/C33H49N5O3S/c1-21(25(23-12-9-8-10-13-23)37-27(40)24-18-34-16-17-35-24)36-26(29(3,4)5)28(41)38-20-32(19-33(38,42)22(2)39)30(6,7)31(32)14-11-15-31/h16-18,23,25-26,36,42H,1,8-15,19-20H2,2-7H3,(H,37,40)/t25-,26?,32?,33-/m1/s1. The van der Waals surface area contributed by atoms with E-state index in [-0.39, 0.29) is 51.5 Å². The van der Waals surface area contributed by atoms with Crippen molar-refractivity contribution in [2.45, 2.75) is 116 Å². The van der Waals surface area contributed by atoms with E-state index in [4.69, 9.17) is 12.6 Å². The minimum absolute atomic E-state index is 0.0572. The SMILES string of the molecule is C=C(NC(C(=O)N1CC2(C[C@@]1(S)C(C)=O)C(C)(C)C21CCC1)C(C)(C)C)[C@@H](NC(=O)c1cnccn1)C1CCCCC1. The van der Waals surface area contributed by atoms with Gasteiger partial charge in [-0.2, -0.15) is 0 Å². The van der Waals surface area contributed by atoms with Crippen LogP contribution in [0.5, 0.6) is 0 Å². The third-order valence-electron chi connectivity index (χ3n) is 11.7. The first-order valence-corrected chi connectivity index (χ1v) is 16.1. The maximum Gasteiger partial charge on any atom is 0.272 e. The summed E-state index contributed by atoms with van der Waals surface area (Å²) in [5, 5.41) is 6.66. The second kappa shape index (κ2) is 10.6. The van der Waals surface area contributed by atoms with Gasteiger partial charge in [0.15, 0.2) is 5.78 Å². The summed E-state index contributed by atoms with van der Waals surface area (Å²) in [6, 6.07) is -1.04. The number of fused-ring (bicyclic) bond motifs is 1. The molecule has 4 fully saturated rings. The van der Waals surface area contributed by atoms with Gasteiger partial charge < -0.3 is 15.5 Å². The Kier molecular flexibility index (Phi) is 7.85. The molecule has 2 heterocycles. The van der Waals surface area contributed by atoms with E-state index in [1.807, 2.05) is 20.8 Å². The maximum absolute atomic E-state index is 14.6. The number of nitrogens with zero attached hydrogens (tertiary/aromatic N) is 3. The van der Waals surface area contributed by atoms with Gasteiger partial charge in [0, 0.05) is 30.1 Å². The van der Waals surface area contributed by atoms with Crippen LogP contribution in [0.3, 0.4) is 0 Å². The molecule has 230 valence electrons. The third-order valence-corrected chi connectivity index (χ3v) is 12.4. The predicted octanol–water partition coefficient (Wildman–Crippen LogP) is 5.32. The van der Waals surface area contributed by atoms with Crippen LogP contribution in [0.2, 0.25) is 0 Å². The number of Topliss-reactive ketones (excluding diaryl/α,β-unsaturated/α-hetero) is 1. The first-order chi connectivity index (χ1) is 19.6. The fourth-order valence-electron chi connectivity index (χ4n) is 8.85. The average Bonchev–Trinajstić information content (AvgIpc) is 3.14. The van der Waals surface area contributed by atoms with E-state index >= 15 is 0 Å². The van der Waals surface area contributed by atoms with E-state index in [2.05, 4.69) is 41.0 Å². The van der Waals surface area contributed by atoms with Crippen molar-refractivity contribution in [3.8, 4) is 0 Å². The maximum atomic E-state index is 14.6. The largest absolute Gasteiger partial charge is 0.375 e. The zero-order valence-electron chi connectivity index (χ0n) is 26.3. The van der Waals surface area contributed by atoms with Gasteiger partial charge in [0.05, 0.1) is 12.2 Å². The summed E-state index contributed by atoms with van der Waals surface area (Å²) in [5.74, 6) is -0.340. The monoisotopic (exact) mass is 595 g/mol. The lowest BCUT2D eigenvalue weighted by Crippen LogP contribution is -2.59. The highest BCUT2D eigenvalue weighted by atomic mass is 32.1. The zero-order chi connectivity index (χ0) is 30.7. The van der Waals surface area contributed by atoms with E-state index in [9.17, 15) is 14.4 Å². The highest BCUT2D eigenvalue weighted by molar-refractivity contribution is 7.82. The van der Waals surface area contributed by atoms with Crippen LogP contribution in [0, 0.1) is 27.6 Å². The Bertz CT molecular complexity index is 1250. The highest BCUT2D eigenvalue weighted by Gasteiger charge is 2.86. The van der Waals surface area contributed by atoms with E-state index in [1.54, 1.807) is 11.8 Å². The second-order valence-electron chi connectivity index (χ2n) is 15.0. The quantitative estimate of drug-likeness (QED) is 0.352. The lowest BCUT2D eigenvalue weighted by Gasteiger charge is -2.41. The third kappa shape index (κ3) is 4.69. The molecular formula is C33H49N5O3S. The smallest absolute Gasteiger partial charge is 0.272 e. The molecule has 0 aromatic carbocycles. The molecule has 0 bridgehead atoms. The molecule has 4 atom stereocenters. The molecule has 1 aromatic heterocycles. The summed E-state index contributed by atoms with van der Waals surface area (Å²) in [6.07, 6.45) is 13.9. The van der Waals surface area contributed by atoms with E-state index in [1.165, 1.54) is 31.4 Å². The number of amides is 2. The number of nitrogens with one attached hydrogen (secondary N) is 2. The molecule has 5 rings (SSSR count). The average molecular weight is 596 g/mol. The van der Waals surface area contributed by atoms with Crippen LogP contribution in [-0.4, -0.2) is 56.0 Å². The molecule has 2 amide bonds.